The van der Waals surface area contributed by atoms with Gasteiger partial charge in [0.25, 0.3) is 11.7 Å². The molecule has 6 heteroatoms. The van der Waals surface area contributed by atoms with E-state index in [0.29, 0.717) is 12.2 Å². The lowest BCUT2D eigenvalue weighted by Gasteiger charge is -2.26. The highest BCUT2D eigenvalue weighted by Gasteiger charge is 2.46. The molecule has 4 aromatic rings. The van der Waals surface area contributed by atoms with Gasteiger partial charge in [0.05, 0.1) is 18.2 Å². The van der Waals surface area contributed by atoms with Crippen LogP contribution in [-0.2, 0) is 16.1 Å². The first kappa shape index (κ1) is 25.1. The first-order valence-electron chi connectivity index (χ1n) is 12.6. The number of likely N-dealkylation sites (tertiary alicyclic amines) is 1. The Kier molecular flexibility index (Phi) is 6.88. The molecule has 0 bridgehead atoms. The molecule has 192 valence electrons. The number of aliphatic hydroxyl groups excluding tert-OH is 1. The van der Waals surface area contributed by atoms with Crippen molar-refractivity contribution < 1.29 is 19.4 Å². The van der Waals surface area contributed by atoms with E-state index in [0.717, 1.165) is 33.3 Å². The minimum atomic E-state index is -0.732. The van der Waals surface area contributed by atoms with Crippen molar-refractivity contribution in [2.24, 2.45) is 0 Å². The summed E-state index contributed by atoms with van der Waals surface area (Å²) in [5.41, 5.74) is 3.19. The van der Waals surface area contributed by atoms with E-state index in [1.165, 1.54) is 4.90 Å². The second kappa shape index (κ2) is 10.4. The van der Waals surface area contributed by atoms with E-state index in [2.05, 4.69) is 0 Å². The Bertz CT molecular complexity index is 1520. The third kappa shape index (κ3) is 4.73. The maximum Gasteiger partial charge on any atom is 0.295 e. The standard InChI is InChI=1S/C32H30N2O4/c1-4-38-27-17-9-21(10-18-27)20-34-29(23-13-15-26(16-14-23)33(2)3)28(31(36)32(34)37)30(35)25-12-11-22-7-5-6-8-24(22)19-25/h5-19,29,35H,4,20H2,1-3H3/b30-28-. The fourth-order valence-electron chi connectivity index (χ4n) is 4.89. The molecule has 4 aromatic carbocycles. The molecular weight excluding hydrogens is 476 g/mol. The average Bonchev–Trinajstić information content (AvgIpc) is 3.18. The highest BCUT2D eigenvalue weighted by Crippen LogP contribution is 2.41. The van der Waals surface area contributed by atoms with Crippen molar-refractivity contribution in [3.8, 4) is 5.75 Å². The van der Waals surface area contributed by atoms with Gasteiger partial charge in [-0.1, -0.05) is 60.7 Å². The zero-order chi connectivity index (χ0) is 26.8. The maximum atomic E-state index is 13.4. The quantitative estimate of drug-likeness (QED) is 0.191. The normalized spacial score (nSPS) is 16.7. The van der Waals surface area contributed by atoms with Crippen molar-refractivity contribution in [1.29, 1.82) is 0 Å². The summed E-state index contributed by atoms with van der Waals surface area (Å²) in [5, 5.41) is 13.4. The van der Waals surface area contributed by atoms with Crippen molar-refractivity contribution >= 4 is 33.9 Å². The third-order valence-electron chi connectivity index (χ3n) is 6.88. The van der Waals surface area contributed by atoms with Gasteiger partial charge < -0.3 is 19.6 Å². The molecule has 0 spiro atoms. The van der Waals surface area contributed by atoms with Gasteiger partial charge in [0.1, 0.15) is 11.5 Å². The first-order chi connectivity index (χ1) is 18.4. The summed E-state index contributed by atoms with van der Waals surface area (Å²) in [6.07, 6.45) is 0. The maximum absolute atomic E-state index is 13.4. The van der Waals surface area contributed by atoms with Crippen LogP contribution < -0.4 is 9.64 Å². The van der Waals surface area contributed by atoms with Crippen LogP contribution in [0, 0.1) is 0 Å². The second-order valence-corrected chi connectivity index (χ2v) is 9.55. The van der Waals surface area contributed by atoms with Gasteiger partial charge in [-0.3, -0.25) is 9.59 Å². The first-order valence-corrected chi connectivity index (χ1v) is 12.6. The summed E-state index contributed by atoms with van der Waals surface area (Å²) in [5.74, 6) is -0.762. The lowest BCUT2D eigenvalue weighted by molar-refractivity contribution is -0.140. The van der Waals surface area contributed by atoms with Crippen LogP contribution in [0.2, 0.25) is 0 Å². The largest absolute Gasteiger partial charge is 0.507 e. The van der Waals surface area contributed by atoms with Crippen LogP contribution in [-0.4, -0.2) is 42.4 Å². The van der Waals surface area contributed by atoms with Gasteiger partial charge in [-0.25, -0.2) is 0 Å². The highest BCUT2D eigenvalue weighted by atomic mass is 16.5. The lowest BCUT2D eigenvalue weighted by Crippen LogP contribution is -2.29. The number of ether oxygens (including phenoxy) is 1. The Morgan fingerprint density at radius 3 is 2.24 bits per heavy atom. The molecule has 0 saturated carbocycles. The number of hydrogen-bond donors (Lipinski definition) is 1. The van der Waals surface area contributed by atoms with Crippen LogP contribution in [0.4, 0.5) is 5.69 Å². The molecule has 1 N–H and O–H groups in total. The second-order valence-electron chi connectivity index (χ2n) is 9.55. The van der Waals surface area contributed by atoms with Crippen LogP contribution in [0.1, 0.15) is 29.7 Å². The summed E-state index contributed by atoms with van der Waals surface area (Å²) in [4.78, 5) is 30.4. The molecule has 1 unspecified atom stereocenters. The number of fused-ring (bicyclic) bond motifs is 1. The summed E-state index contributed by atoms with van der Waals surface area (Å²) in [6, 6.07) is 27.8. The zero-order valence-corrected chi connectivity index (χ0v) is 21.7. The van der Waals surface area contributed by atoms with Crippen LogP contribution in [0.5, 0.6) is 5.75 Å². The predicted molar refractivity (Wildman–Crippen MR) is 150 cm³/mol. The average molecular weight is 507 g/mol. The van der Waals surface area contributed by atoms with Gasteiger partial charge in [0, 0.05) is 31.9 Å². The summed E-state index contributed by atoms with van der Waals surface area (Å²) >= 11 is 0. The molecule has 1 atom stereocenters. The molecule has 1 saturated heterocycles. The summed E-state index contributed by atoms with van der Waals surface area (Å²) in [6.45, 7) is 2.70. The number of nitrogens with zero attached hydrogens (tertiary/aromatic N) is 2. The molecule has 1 amide bonds. The number of carbonyl (C=O) groups is 2. The van der Waals surface area contributed by atoms with Crippen LogP contribution in [0.15, 0.2) is 96.6 Å². The third-order valence-corrected chi connectivity index (χ3v) is 6.88. The van der Waals surface area contributed by atoms with Gasteiger partial charge in [-0.2, -0.15) is 0 Å². The molecule has 0 radical (unpaired) electrons. The van der Waals surface area contributed by atoms with Crippen LogP contribution in [0.25, 0.3) is 16.5 Å². The van der Waals surface area contributed by atoms with Gasteiger partial charge in [-0.15, -0.1) is 0 Å². The van der Waals surface area contributed by atoms with Gasteiger partial charge in [0.15, 0.2) is 0 Å². The van der Waals surface area contributed by atoms with Gasteiger partial charge in [0.2, 0.25) is 0 Å². The molecule has 38 heavy (non-hydrogen) atoms. The van der Waals surface area contributed by atoms with E-state index in [9.17, 15) is 14.7 Å². The molecule has 6 nitrogen and oxygen atoms in total. The number of amides is 1. The number of Topliss-reactive ketones (excluding diaryl/α,β-unsaturated/α-hetero) is 1. The van der Waals surface area contributed by atoms with Crippen molar-refractivity contribution in [3.05, 3.63) is 113 Å². The number of aliphatic hydroxyl groups is 1. The minimum Gasteiger partial charge on any atom is -0.507 e. The number of benzene rings is 4. The van der Waals surface area contributed by atoms with E-state index in [4.69, 9.17) is 4.74 Å². The molecule has 1 heterocycles. The van der Waals surface area contributed by atoms with Crippen LogP contribution >= 0.6 is 0 Å². The Balaban J connectivity index is 1.60. The van der Waals surface area contributed by atoms with Gasteiger partial charge in [-0.05, 0) is 59.2 Å². The molecule has 1 aliphatic heterocycles. The fourth-order valence-corrected chi connectivity index (χ4v) is 4.89. The predicted octanol–water partition coefficient (Wildman–Crippen LogP) is 5.93. The molecule has 0 aliphatic carbocycles. The van der Waals surface area contributed by atoms with E-state index in [1.807, 2.05) is 111 Å². The van der Waals surface area contributed by atoms with Crippen LogP contribution in [0.3, 0.4) is 0 Å². The molecular formula is C32H30N2O4. The highest BCUT2D eigenvalue weighted by molar-refractivity contribution is 6.46. The Morgan fingerprint density at radius 2 is 1.58 bits per heavy atom. The number of anilines is 1. The van der Waals surface area contributed by atoms with Crippen molar-refractivity contribution in [2.75, 3.05) is 25.6 Å². The van der Waals surface area contributed by atoms with Crippen molar-refractivity contribution in [2.45, 2.75) is 19.5 Å². The Labute approximate surface area is 222 Å². The lowest BCUT2D eigenvalue weighted by atomic mass is 9.94. The summed E-state index contributed by atoms with van der Waals surface area (Å²) in [7, 11) is 3.90. The van der Waals surface area contributed by atoms with E-state index < -0.39 is 17.7 Å². The van der Waals surface area contributed by atoms with Crippen molar-refractivity contribution in [3.63, 3.8) is 0 Å². The zero-order valence-electron chi connectivity index (χ0n) is 21.7. The van der Waals surface area contributed by atoms with Gasteiger partial charge >= 0.3 is 0 Å². The molecule has 1 fully saturated rings. The topological polar surface area (TPSA) is 70.1 Å². The van der Waals surface area contributed by atoms with Crippen molar-refractivity contribution in [1.82, 2.24) is 4.90 Å². The SMILES string of the molecule is CCOc1ccc(CN2C(=O)C(=O)/C(=C(\O)c3ccc4ccccc4c3)C2c2ccc(N(C)C)cc2)cc1. The van der Waals surface area contributed by atoms with E-state index in [-0.39, 0.29) is 17.9 Å². The number of rotatable bonds is 7. The number of hydrogen-bond acceptors (Lipinski definition) is 5. The molecule has 0 aromatic heterocycles. The summed E-state index contributed by atoms with van der Waals surface area (Å²) < 4.78 is 5.54. The molecule has 1 aliphatic rings. The number of carbonyl (C=O) groups excluding carboxylic acids is 2. The number of ketones is 1. The molecule has 5 rings (SSSR count). The van der Waals surface area contributed by atoms with E-state index >= 15 is 0 Å². The smallest absolute Gasteiger partial charge is 0.295 e. The Morgan fingerprint density at radius 1 is 0.895 bits per heavy atom. The fraction of sp³-hybridized carbons (Fsp3) is 0.188. The van der Waals surface area contributed by atoms with E-state index in [1.54, 1.807) is 6.07 Å². The monoisotopic (exact) mass is 506 g/mol. The Hall–Kier alpha value is -4.58. The minimum absolute atomic E-state index is 0.0915.